The van der Waals surface area contributed by atoms with Gasteiger partial charge in [0.2, 0.25) is 0 Å². The highest BCUT2D eigenvalue weighted by Crippen LogP contribution is 2.34. The second-order valence-electron chi connectivity index (χ2n) is 4.66. The van der Waals surface area contributed by atoms with Crippen LogP contribution in [0.25, 0.3) is 0 Å². The Labute approximate surface area is 101 Å². The molecule has 0 unspecified atom stereocenters. The molecule has 0 amide bonds. The molecule has 0 bridgehead atoms. The lowest BCUT2D eigenvalue weighted by atomic mass is 10.2. The highest BCUT2D eigenvalue weighted by atomic mass is 32.2. The van der Waals surface area contributed by atoms with Crippen LogP contribution in [0.2, 0.25) is 0 Å². The standard InChI is InChI=1S/C12H14N2O2S/c1-8(9-6-7-9)13-12-10-4-2-3-5-11(10)17(15,16)14-12/h2-5,8-9H,6-7H2,1H3,(H,13,14)/t8-/m0/s1. The largest absolute Gasteiger partial charge is 0.264 e. The lowest BCUT2D eigenvalue weighted by molar-refractivity contribution is 0.594. The minimum absolute atomic E-state index is 0.193. The average Bonchev–Trinajstić information content (AvgIpc) is 3.08. The van der Waals surface area contributed by atoms with Gasteiger partial charge in [-0.3, -0.25) is 9.71 Å². The molecule has 4 nitrogen and oxygen atoms in total. The first-order chi connectivity index (χ1) is 8.08. The van der Waals surface area contributed by atoms with Gasteiger partial charge in [0, 0.05) is 5.56 Å². The number of hydrogen-bond acceptors (Lipinski definition) is 3. The van der Waals surface area contributed by atoms with Gasteiger partial charge in [-0.25, -0.2) is 8.42 Å². The monoisotopic (exact) mass is 250 g/mol. The van der Waals surface area contributed by atoms with Crippen molar-refractivity contribution in [3.8, 4) is 0 Å². The summed E-state index contributed by atoms with van der Waals surface area (Å²) in [6.07, 6.45) is 2.40. The Kier molecular flexibility index (Phi) is 2.26. The molecule has 90 valence electrons. The number of benzene rings is 1. The fourth-order valence-corrected chi connectivity index (χ4v) is 3.36. The van der Waals surface area contributed by atoms with Crippen LogP contribution < -0.4 is 4.72 Å². The SMILES string of the molecule is C[C@H](N=C1NS(=O)(=O)c2ccccc21)C1CC1. The van der Waals surface area contributed by atoms with Crippen molar-refractivity contribution in [2.75, 3.05) is 0 Å². The summed E-state index contributed by atoms with van der Waals surface area (Å²) in [5.41, 5.74) is 0.694. The van der Waals surface area contributed by atoms with Crippen molar-refractivity contribution in [3.05, 3.63) is 29.8 Å². The molecule has 1 aromatic rings. The first-order valence-corrected chi connectivity index (χ1v) is 7.26. The number of amidine groups is 1. The predicted octanol–water partition coefficient (Wildman–Crippen LogP) is 1.52. The summed E-state index contributed by atoms with van der Waals surface area (Å²) in [7, 11) is -3.39. The Bertz CT molecular complexity index is 588. The molecule has 1 heterocycles. The van der Waals surface area contributed by atoms with Gasteiger partial charge in [0.15, 0.2) is 0 Å². The van der Waals surface area contributed by atoms with Crippen molar-refractivity contribution >= 4 is 15.9 Å². The summed E-state index contributed by atoms with van der Waals surface area (Å²) in [4.78, 5) is 4.84. The molecule has 0 spiro atoms. The molecule has 0 aromatic heterocycles. The number of fused-ring (bicyclic) bond motifs is 1. The highest BCUT2D eigenvalue weighted by Gasteiger charge is 2.33. The van der Waals surface area contributed by atoms with Crippen LogP contribution in [0.1, 0.15) is 25.3 Å². The van der Waals surface area contributed by atoms with E-state index in [4.69, 9.17) is 0 Å². The average molecular weight is 250 g/mol. The molecular weight excluding hydrogens is 236 g/mol. The molecule has 17 heavy (non-hydrogen) atoms. The maximum absolute atomic E-state index is 11.8. The van der Waals surface area contributed by atoms with E-state index in [9.17, 15) is 8.42 Å². The quantitative estimate of drug-likeness (QED) is 0.865. The van der Waals surface area contributed by atoms with Crippen molar-refractivity contribution in [3.63, 3.8) is 0 Å². The summed E-state index contributed by atoms with van der Waals surface area (Å²) >= 11 is 0. The third-order valence-corrected chi connectivity index (χ3v) is 4.70. The highest BCUT2D eigenvalue weighted by molar-refractivity contribution is 7.90. The molecule has 1 aromatic carbocycles. The van der Waals surface area contributed by atoms with Gasteiger partial charge in [0.1, 0.15) is 5.84 Å². The molecule has 2 aliphatic rings. The fourth-order valence-electron chi connectivity index (χ4n) is 2.12. The molecule has 3 rings (SSSR count). The zero-order valence-electron chi connectivity index (χ0n) is 9.55. The van der Waals surface area contributed by atoms with E-state index in [1.807, 2.05) is 13.0 Å². The summed E-state index contributed by atoms with van der Waals surface area (Å²) in [5.74, 6) is 1.12. The lowest BCUT2D eigenvalue weighted by Gasteiger charge is -2.05. The van der Waals surface area contributed by atoms with Gasteiger partial charge in [0.05, 0.1) is 10.9 Å². The third kappa shape index (κ3) is 1.84. The van der Waals surface area contributed by atoms with Crippen molar-refractivity contribution in [2.45, 2.75) is 30.7 Å². The first kappa shape index (κ1) is 10.8. The van der Waals surface area contributed by atoms with Gasteiger partial charge in [-0.1, -0.05) is 12.1 Å². The number of nitrogens with one attached hydrogen (secondary N) is 1. The first-order valence-electron chi connectivity index (χ1n) is 5.78. The van der Waals surface area contributed by atoms with Gasteiger partial charge < -0.3 is 0 Å². The van der Waals surface area contributed by atoms with E-state index in [0.29, 0.717) is 22.2 Å². The third-order valence-electron chi connectivity index (χ3n) is 3.30. The van der Waals surface area contributed by atoms with Crippen molar-refractivity contribution in [2.24, 2.45) is 10.9 Å². The Morgan fingerprint density at radius 1 is 1.35 bits per heavy atom. The van der Waals surface area contributed by atoms with Crippen LogP contribution in [-0.4, -0.2) is 20.3 Å². The van der Waals surface area contributed by atoms with E-state index < -0.39 is 10.0 Å². The second kappa shape index (κ2) is 3.57. The molecule has 1 aliphatic heterocycles. The molecule has 0 radical (unpaired) electrons. The zero-order valence-corrected chi connectivity index (χ0v) is 10.4. The molecule has 1 N–H and O–H groups in total. The van der Waals surface area contributed by atoms with E-state index >= 15 is 0 Å². The van der Waals surface area contributed by atoms with Gasteiger partial charge in [0.25, 0.3) is 10.0 Å². The Morgan fingerprint density at radius 2 is 2.06 bits per heavy atom. The lowest BCUT2D eigenvalue weighted by Crippen LogP contribution is -2.24. The number of aliphatic imine (C=N–C) groups is 1. The van der Waals surface area contributed by atoms with Crippen LogP contribution in [0.5, 0.6) is 0 Å². The van der Waals surface area contributed by atoms with E-state index in [-0.39, 0.29) is 6.04 Å². The normalized spacial score (nSPS) is 25.4. The number of sulfonamides is 1. The molecule has 1 saturated carbocycles. The minimum atomic E-state index is -3.39. The molecular formula is C12H14N2O2S. The van der Waals surface area contributed by atoms with E-state index in [2.05, 4.69) is 9.71 Å². The number of nitrogens with zero attached hydrogens (tertiary/aromatic N) is 1. The van der Waals surface area contributed by atoms with E-state index in [0.717, 1.165) is 0 Å². The topological polar surface area (TPSA) is 58.5 Å². The molecule has 0 saturated heterocycles. The Hall–Kier alpha value is -1.36. The summed E-state index contributed by atoms with van der Waals surface area (Å²) in [6, 6.07) is 7.16. The molecule has 1 atom stereocenters. The molecule has 5 heteroatoms. The van der Waals surface area contributed by atoms with Crippen LogP contribution in [-0.2, 0) is 10.0 Å². The van der Waals surface area contributed by atoms with Crippen molar-refractivity contribution in [1.82, 2.24) is 4.72 Å². The number of hydrogen-bond donors (Lipinski definition) is 1. The summed E-state index contributed by atoms with van der Waals surface area (Å²) < 4.78 is 26.2. The van der Waals surface area contributed by atoms with E-state index in [1.54, 1.807) is 18.2 Å². The van der Waals surface area contributed by atoms with Crippen LogP contribution in [0, 0.1) is 5.92 Å². The van der Waals surface area contributed by atoms with Crippen LogP contribution in [0.3, 0.4) is 0 Å². The second-order valence-corrected chi connectivity index (χ2v) is 6.31. The van der Waals surface area contributed by atoms with Gasteiger partial charge in [-0.2, -0.15) is 0 Å². The zero-order chi connectivity index (χ0) is 12.0. The van der Waals surface area contributed by atoms with Crippen LogP contribution in [0.15, 0.2) is 34.2 Å². The van der Waals surface area contributed by atoms with Crippen LogP contribution in [0.4, 0.5) is 0 Å². The summed E-state index contributed by atoms with van der Waals surface area (Å²) in [6.45, 7) is 2.04. The van der Waals surface area contributed by atoms with Gasteiger partial charge in [-0.15, -0.1) is 0 Å². The predicted molar refractivity (Wildman–Crippen MR) is 65.5 cm³/mol. The molecule has 1 fully saturated rings. The van der Waals surface area contributed by atoms with Crippen molar-refractivity contribution in [1.29, 1.82) is 0 Å². The maximum atomic E-state index is 11.8. The Morgan fingerprint density at radius 3 is 2.76 bits per heavy atom. The molecule has 1 aliphatic carbocycles. The fraction of sp³-hybridized carbons (Fsp3) is 0.417. The maximum Gasteiger partial charge on any atom is 0.263 e. The van der Waals surface area contributed by atoms with E-state index in [1.165, 1.54) is 12.8 Å². The van der Waals surface area contributed by atoms with Crippen LogP contribution >= 0.6 is 0 Å². The van der Waals surface area contributed by atoms with Gasteiger partial charge >= 0.3 is 0 Å². The summed E-state index contributed by atoms with van der Waals surface area (Å²) in [5, 5.41) is 0. The smallest absolute Gasteiger partial charge is 0.263 e. The Balaban J connectivity index is 2.04. The number of rotatable bonds is 2. The van der Waals surface area contributed by atoms with Gasteiger partial charge in [-0.05, 0) is 37.8 Å². The minimum Gasteiger partial charge on any atom is -0.264 e. The van der Waals surface area contributed by atoms with Crippen molar-refractivity contribution < 1.29 is 8.42 Å².